The van der Waals surface area contributed by atoms with E-state index in [1.54, 1.807) is 0 Å². The highest BCUT2D eigenvalue weighted by atomic mass is 16.7. The van der Waals surface area contributed by atoms with E-state index in [2.05, 4.69) is 141 Å². The third-order valence-electron chi connectivity index (χ3n) is 8.41. The molecule has 1 aliphatic rings. The Morgan fingerprint density at radius 3 is 2.05 bits per heavy atom. The van der Waals surface area contributed by atoms with Crippen molar-refractivity contribution in [1.82, 2.24) is 4.57 Å². The molecule has 3 nitrogen and oxygen atoms in total. The van der Waals surface area contributed by atoms with Crippen LogP contribution in [-0.4, -0.2) is 22.9 Å². The lowest BCUT2D eigenvalue weighted by atomic mass is 9.78. The molecule has 186 valence electrons. The summed E-state index contributed by atoms with van der Waals surface area (Å²) in [7, 11) is -0.386. The second kappa shape index (κ2) is 8.32. The Balaban J connectivity index is 1.37. The van der Waals surface area contributed by atoms with Crippen LogP contribution in [0.15, 0.2) is 109 Å². The molecule has 38 heavy (non-hydrogen) atoms. The van der Waals surface area contributed by atoms with Crippen LogP contribution in [0.3, 0.4) is 0 Å². The van der Waals surface area contributed by atoms with Gasteiger partial charge in [0.1, 0.15) is 0 Å². The van der Waals surface area contributed by atoms with Gasteiger partial charge in [-0.15, -0.1) is 0 Å². The van der Waals surface area contributed by atoms with E-state index < -0.39 is 0 Å². The molecule has 1 saturated heterocycles. The highest BCUT2D eigenvalue weighted by Crippen LogP contribution is 2.38. The van der Waals surface area contributed by atoms with Gasteiger partial charge in [0.05, 0.1) is 22.2 Å². The maximum Gasteiger partial charge on any atom is 0.494 e. The van der Waals surface area contributed by atoms with E-state index in [-0.39, 0.29) is 18.3 Å². The molecule has 1 aromatic heterocycles. The van der Waals surface area contributed by atoms with Crippen molar-refractivity contribution in [2.75, 3.05) is 0 Å². The molecule has 5 aromatic carbocycles. The average Bonchev–Trinajstić information content (AvgIpc) is 3.37. The molecule has 0 saturated carbocycles. The Morgan fingerprint density at radius 1 is 0.553 bits per heavy atom. The molecule has 0 spiro atoms. The largest absolute Gasteiger partial charge is 0.494 e. The average molecular weight is 495 g/mol. The van der Waals surface area contributed by atoms with Gasteiger partial charge in [-0.25, -0.2) is 0 Å². The fraction of sp³-hybridized carbons (Fsp3) is 0.176. The minimum atomic E-state index is -0.386. The van der Waals surface area contributed by atoms with Gasteiger partial charge in [-0.1, -0.05) is 78.9 Å². The third-order valence-corrected chi connectivity index (χ3v) is 8.41. The quantitative estimate of drug-likeness (QED) is 0.233. The first kappa shape index (κ1) is 23.3. The van der Waals surface area contributed by atoms with Crippen LogP contribution in [0.1, 0.15) is 27.7 Å². The summed E-state index contributed by atoms with van der Waals surface area (Å²) in [5.74, 6) is 0. The summed E-state index contributed by atoms with van der Waals surface area (Å²) >= 11 is 0. The smallest absolute Gasteiger partial charge is 0.399 e. The fourth-order valence-electron chi connectivity index (χ4n) is 5.59. The molecular weight excluding hydrogens is 465 g/mol. The van der Waals surface area contributed by atoms with Crippen LogP contribution < -0.4 is 5.46 Å². The summed E-state index contributed by atoms with van der Waals surface area (Å²) in [6.45, 7) is 8.39. The maximum atomic E-state index is 6.37. The van der Waals surface area contributed by atoms with Crippen LogP contribution >= 0.6 is 0 Å². The number of hydrogen-bond acceptors (Lipinski definition) is 2. The number of rotatable bonds is 3. The van der Waals surface area contributed by atoms with Crippen molar-refractivity contribution in [1.29, 1.82) is 0 Å². The molecule has 2 heterocycles. The first-order valence-electron chi connectivity index (χ1n) is 13.3. The molecule has 0 bridgehead atoms. The highest BCUT2D eigenvalue weighted by Gasteiger charge is 2.51. The predicted octanol–water partition coefficient (Wildman–Crippen LogP) is 7.90. The molecule has 1 fully saturated rings. The predicted molar refractivity (Wildman–Crippen MR) is 159 cm³/mol. The van der Waals surface area contributed by atoms with Crippen molar-refractivity contribution in [2.45, 2.75) is 38.9 Å². The lowest BCUT2D eigenvalue weighted by Crippen LogP contribution is -2.41. The molecule has 0 aliphatic carbocycles. The zero-order chi connectivity index (χ0) is 26.1. The van der Waals surface area contributed by atoms with E-state index in [4.69, 9.17) is 9.31 Å². The van der Waals surface area contributed by atoms with Crippen LogP contribution in [-0.2, 0) is 9.31 Å². The van der Waals surface area contributed by atoms with Gasteiger partial charge in [-0.05, 0) is 85.4 Å². The van der Waals surface area contributed by atoms with Crippen molar-refractivity contribution in [3.63, 3.8) is 0 Å². The van der Waals surface area contributed by atoms with Gasteiger partial charge < -0.3 is 13.9 Å². The van der Waals surface area contributed by atoms with Crippen molar-refractivity contribution in [2.24, 2.45) is 0 Å². The molecular formula is C34H30BNO2. The van der Waals surface area contributed by atoms with Crippen molar-refractivity contribution in [3.05, 3.63) is 109 Å². The number of fused-ring (bicyclic) bond motifs is 4. The lowest BCUT2D eigenvalue weighted by molar-refractivity contribution is 0.00578. The van der Waals surface area contributed by atoms with Crippen LogP contribution in [0.5, 0.6) is 0 Å². The molecule has 0 radical (unpaired) electrons. The van der Waals surface area contributed by atoms with Crippen molar-refractivity contribution in [3.8, 4) is 16.8 Å². The Kier molecular flexibility index (Phi) is 5.10. The molecule has 0 atom stereocenters. The van der Waals surface area contributed by atoms with E-state index in [1.165, 1.54) is 43.7 Å². The Morgan fingerprint density at radius 2 is 1.24 bits per heavy atom. The van der Waals surface area contributed by atoms with Crippen molar-refractivity contribution < 1.29 is 9.31 Å². The van der Waals surface area contributed by atoms with Crippen LogP contribution in [0.25, 0.3) is 49.4 Å². The SMILES string of the molecule is CC1(C)OB(c2ccc3c(c2)c2ccccc2n3-c2cccc(-c3ccc4ccccc4c3)c2)OC1(C)C. The summed E-state index contributed by atoms with van der Waals surface area (Å²) in [5, 5.41) is 4.93. The highest BCUT2D eigenvalue weighted by molar-refractivity contribution is 6.62. The van der Waals surface area contributed by atoms with Gasteiger partial charge in [-0.3, -0.25) is 0 Å². The first-order valence-corrected chi connectivity index (χ1v) is 13.3. The minimum Gasteiger partial charge on any atom is -0.399 e. The zero-order valence-corrected chi connectivity index (χ0v) is 22.2. The second-order valence-electron chi connectivity index (χ2n) is 11.3. The van der Waals surface area contributed by atoms with Gasteiger partial charge >= 0.3 is 7.12 Å². The number of hydrogen-bond donors (Lipinski definition) is 0. The number of aromatic nitrogens is 1. The number of nitrogens with zero attached hydrogens (tertiary/aromatic N) is 1. The standard InChI is InChI=1S/C34H30BNO2/c1-33(2)34(3,4)38-35(37-33)27-18-19-32-30(22-27)29-14-7-8-15-31(29)36(32)28-13-9-12-25(21-28)26-17-16-23-10-5-6-11-24(23)20-26/h5-22H,1-4H3. The van der Waals surface area contributed by atoms with E-state index in [9.17, 15) is 0 Å². The summed E-state index contributed by atoms with van der Waals surface area (Å²) in [5.41, 5.74) is 6.22. The lowest BCUT2D eigenvalue weighted by Gasteiger charge is -2.32. The second-order valence-corrected chi connectivity index (χ2v) is 11.3. The topological polar surface area (TPSA) is 23.4 Å². The van der Waals surface area contributed by atoms with Gasteiger partial charge in [0.15, 0.2) is 0 Å². The normalized spacial score (nSPS) is 16.6. The fourth-order valence-corrected chi connectivity index (χ4v) is 5.59. The number of para-hydroxylation sites is 1. The Hall–Kier alpha value is -3.86. The monoisotopic (exact) mass is 495 g/mol. The zero-order valence-electron chi connectivity index (χ0n) is 22.2. The molecule has 0 amide bonds. The molecule has 4 heteroatoms. The summed E-state index contributed by atoms with van der Waals surface area (Å²) < 4.78 is 15.1. The van der Waals surface area contributed by atoms with Gasteiger partial charge in [0.25, 0.3) is 0 Å². The molecule has 0 unspecified atom stereocenters. The maximum absolute atomic E-state index is 6.37. The molecule has 0 N–H and O–H groups in total. The van der Waals surface area contributed by atoms with Crippen LogP contribution in [0.4, 0.5) is 0 Å². The van der Waals surface area contributed by atoms with E-state index in [0.717, 1.165) is 11.2 Å². The summed E-state index contributed by atoms with van der Waals surface area (Å²) in [6.07, 6.45) is 0. The van der Waals surface area contributed by atoms with Gasteiger partial charge in [0.2, 0.25) is 0 Å². The minimum absolute atomic E-state index is 0.371. The van der Waals surface area contributed by atoms with Gasteiger partial charge in [-0.2, -0.15) is 0 Å². The van der Waals surface area contributed by atoms with E-state index >= 15 is 0 Å². The van der Waals surface area contributed by atoms with E-state index in [0.29, 0.717) is 0 Å². The van der Waals surface area contributed by atoms with Crippen molar-refractivity contribution >= 4 is 45.2 Å². The molecule has 6 aromatic rings. The first-order chi connectivity index (χ1) is 18.3. The van der Waals surface area contributed by atoms with Crippen LogP contribution in [0.2, 0.25) is 0 Å². The Labute approximate surface area is 223 Å². The summed E-state index contributed by atoms with van der Waals surface area (Å²) in [6, 6.07) is 39.3. The van der Waals surface area contributed by atoms with E-state index in [1.807, 2.05) is 0 Å². The molecule has 7 rings (SSSR count). The van der Waals surface area contributed by atoms with Gasteiger partial charge in [0, 0.05) is 16.5 Å². The van der Waals surface area contributed by atoms with Crippen LogP contribution in [0, 0.1) is 0 Å². The third kappa shape index (κ3) is 3.59. The summed E-state index contributed by atoms with van der Waals surface area (Å²) in [4.78, 5) is 0. The molecule has 1 aliphatic heterocycles. The Bertz CT molecular complexity index is 1830. The number of benzene rings is 5.